The van der Waals surface area contributed by atoms with Crippen LogP contribution in [0.4, 0.5) is 0 Å². The molecule has 0 fully saturated rings. The van der Waals surface area contributed by atoms with Gasteiger partial charge in [-0.2, -0.15) is 0 Å². The van der Waals surface area contributed by atoms with Crippen LogP contribution in [0, 0.1) is 0 Å². The van der Waals surface area contributed by atoms with Crippen LogP contribution < -0.4 is 0 Å². The second-order valence-corrected chi connectivity index (χ2v) is 2.12. The smallest absolute Gasteiger partial charge is 0.223 e. The third kappa shape index (κ3) is 3.01. The Kier molecular flexibility index (Phi) is 3.85. The number of rotatable bonds is 1. The van der Waals surface area contributed by atoms with Gasteiger partial charge in [0, 0.05) is 20.2 Å². The molecule has 46 valence electrons. The van der Waals surface area contributed by atoms with Crippen molar-refractivity contribution in [3.05, 3.63) is 10.3 Å². The second-order valence-electron chi connectivity index (χ2n) is 1.40. The summed E-state index contributed by atoms with van der Waals surface area (Å²) >= 11 is 2.06. The van der Waals surface area contributed by atoms with Crippen molar-refractivity contribution < 1.29 is 4.79 Å². The van der Waals surface area contributed by atoms with Crippen molar-refractivity contribution >= 4 is 28.5 Å². The first-order valence-corrected chi connectivity index (χ1v) is 3.43. The first-order valence-electron chi connectivity index (χ1n) is 2.18. The largest absolute Gasteiger partial charge is 0.322 e. The quantitative estimate of drug-likeness (QED) is 0.617. The fraction of sp³-hybridized carbons (Fsp3) is 0.400. The maximum Gasteiger partial charge on any atom is 0.223 e. The van der Waals surface area contributed by atoms with Crippen molar-refractivity contribution in [2.45, 2.75) is 6.92 Å². The Bertz CT molecular complexity index is 111. The minimum absolute atomic E-state index is 0.0536. The van der Waals surface area contributed by atoms with Crippen LogP contribution in [0.5, 0.6) is 0 Å². The van der Waals surface area contributed by atoms with Gasteiger partial charge in [-0.25, -0.2) is 0 Å². The summed E-state index contributed by atoms with van der Waals surface area (Å²) in [5.41, 5.74) is 0. The summed E-state index contributed by atoms with van der Waals surface area (Å²) in [6.45, 7) is 1.52. The molecule has 0 spiro atoms. The van der Waals surface area contributed by atoms with E-state index in [0.717, 1.165) is 0 Å². The number of halogens is 1. The molecule has 0 radical (unpaired) electrons. The van der Waals surface area contributed by atoms with Gasteiger partial charge in [-0.3, -0.25) is 4.79 Å². The summed E-state index contributed by atoms with van der Waals surface area (Å²) in [5, 5.41) is 0. The molecule has 0 N–H and O–H groups in total. The maximum absolute atomic E-state index is 10.4. The topological polar surface area (TPSA) is 20.3 Å². The van der Waals surface area contributed by atoms with Crippen LogP contribution in [0.2, 0.25) is 0 Å². The minimum Gasteiger partial charge on any atom is -0.322 e. The van der Waals surface area contributed by atoms with E-state index in [1.54, 1.807) is 17.3 Å². The van der Waals surface area contributed by atoms with Gasteiger partial charge in [0.05, 0.1) is 0 Å². The predicted molar refractivity (Wildman–Crippen MR) is 41.6 cm³/mol. The van der Waals surface area contributed by atoms with Crippen LogP contribution in [0.15, 0.2) is 10.3 Å². The second kappa shape index (κ2) is 3.88. The zero-order valence-electron chi connectivity index (χ0n) is 4.89. The highest BCUT2D eigenvalue weighted by molar-refractivity contribution is 14.1. The lowest BCUT2D eigenvalue weighted by molar-refractivity contribution is -0.125. The van der Waals surface area contributed by atoms with Crippen molar-refractivity contribution in [3.8, 4) is 0 Å². The monoisotopic (exact) mass is 225 g/mol. The van der Waals surface area contributed by atoms with Crippen LogP contribution in [-0.2, 0) is 4.79 Å². The fourth-order valence-corrected chi connectivity index (χ4v) is 0.672. The third-order valence-corrected chi connectivity index (χ3v) is 1.10. The Hall–Kier alpha value is -0.0600. The van der Waals surface area contributed by atoms with Crippen molar-refractivity contribution in [2.75, 3.05) is 7.05 Å². The molecule has 3 heteroatoms. The molecule has 0 aromatic rings. The number of hydrogen-bond donors (Lipinski definition) is 0. The normalized spacial score (nSPS) is 9.88. The highest BCUT2D eigenvalue weighted by Gasteiger charge is 1.92. The Morgan fingerprint density at radius 1 is 1.75 bits per heavy atom. The highest BCUT2D eigenvalue weighted by Crippen LogP contribution is 1.88. The van der Waals surface area contributed by atoms with E-state index in [9.17, 15) is 4.79 Å². The van der Waals surface area contributed by atoms with Gasteiger partial charge < -0.3 is 4.90 Å². The van der Waals surface area contributed by atoms with E-state index >= 15 is 0 Å². The summed E-state index contributed by atoms with van der Waals surface area (Å²) in [4.78, 5) is 11.9. The van der Waals surface area contributed by atoms with E-state index < -0.39 is 0 Å². The van der Waals surface area contributed by atoms with E-state index in [1.807, 2.05) is 0 Å². The zero-order chi connectivity index (χ0) is 6.57. The van der Waals surface area contributed by atoms with Gasteiger partial charge >= 0.3 is 0 Å². The van der Waals surface area contributed by atoms with Gasteiger partial charge in [0.1, 0.15) is 0 Å². The van der Waals surface area contributed by atoms with Crippen LogP contribution in [0.25, 0.3) is 0 Å². The van der Waals surface area contributed by atoms with Crippen LogP contribution in [0.3, 0.4) is 0 Å². The lowest BCUT2D eigenvalue weighted by Crippen LogP contribution is -2.15. The molecule has 2 nitrogen and oxygen atoms in total. The predicted octanol–water partition coefficient (Wildman–Crippen LogP) is 1.37. The van der Waals surface area contributed by atoms with Gasteiger partial charge in [0.15, 0.2) is 0 Å². The maximum atomic E-state index is 10.4. The van der Waals surface area contributed by atoms with E-state index in [-0.39, 0.29) is 5.91 Å². The fourth-order valence-electron chi connectivity index (χ4n) is 0.189. The number of hydrogen-bond acceptors (Lipinski definition) is 1. The molecule has 0 saturated heterocycles. The molecule has 1 amide bonds. The van der Waals surface area contributed by atoms with E-state index in [0.29, 0.717) is 0 Å². The molecule has 0 unspecified atom stereocenters. The summed E-state index contributed by atoms with van der Waals surface area (Å²) in [6.07, 6.45) is 1.71. The van der Waals surface area contributed by atoms with Gasteiger partial charge in [0.2, 0.25) is 5.91 Å². The van der Waals surface area contributed by atoms with E-state index in [4.69, 9.17) is 0 Å². The number of amides is 1. The molecule has 0 atom stereocenters. The van der Waals surface area contributed by atoms with Crippen LogP contribution in [-0.4, -0.2) is 17.9 Å². The molecule has 8 heavy (non-hydrogen) atoms. The number of carbonyl (C=O) groups is 1. The van der Waals surface area contributed by atoms with Gasteiger partial charge in [0.25, 0.3) is 0 Å². The number of nitrogens with zero attached hydrogens (tertiary/aromatic N) is 1. The average Bonchev–Trinajstić information content (AvgIpc) is 1.67. The first kappa shape index (κ1) is 7.94. The molecular formula is C5H8INO. The summed E-state index contributed by atoms with van der Waals surface area (Å²) < 4.78 is 1.79. The Labute approximate surface area is 62.7 Å². The van der Waals surface area contributed by atoms with Crippen molar-refractivity contribution in [2.24, 2.45) is 0 Å². The average molecular weight is 225 g/mol. The standard InChI is InChI=1S/C5H8INO/c1-5(8)7(2)4-3-6/h3-4H,1-2H3/b4-3+. The summed E-state index contributed by atoms with van der Waals surface area (Å²) in [6, 6.07) is 0. The zero-order valence-corrected chi connectivity index (χ0v) is 7.05. The van der Waals surface area contributed by atoms with E-state index in [2.05, 4.69) is 22.6 Å². The third-order valence-electron chi connectivity index (χ3n) is 0.777. The molecule has 0 heterocycles. The summed E-state index contributed by atoms with van der Waals surface area (Å²) in [5.74, 6) is 0.0536. The Morgan fingerprint density at radius 2 is 2.25 bits per heavy atom. The van der Waals surface area contributed by atoms with Gasteiger partial charge in [-0.05, 0) is 4.08 Å². The Balaban J connectivity index is 3.64. The molecule has 0 aromatic heterocycles. The van der Waals surface area contributed by atoms with Gasteiger partial charge in [-0.1, -0.05) is 22.6 Å². The van der Waals surface area contributed by atoms with Crippen molar-refractivity contribution in [1.82, 2.24) is 4.90 Å². The lowest BCUT2D eigenvalue weighted by atomic mass is 10.6. The molecule has 0 aliphatic heterocycles. The number of carbonyl (C=O) groups excluding carboxylic acids is 1. The molecule has 0 saturated carbocycles. The minimum atomic E-state index is 0.0536. The molecule has 0 aromatic carbocycles. The van der Waals surface area contributed by atoms with Crippen LogP contribution >= 0.6 is 22.6 Å². The molecular weight excluding hydrogens is 217 g/mol. The molecule has 0 rings (SSSR count). The van der Waals surface area contributed by atoms with Crippen molar-refractivity contribution in [3.63, 3.8) is 0 Å². The molecule has 0 bridgehead atoms. The van der Waals surface area contributed by atoms with Crippen LogP contribution in [0.1, 0.15) is 6.92 Å². The highest BCUT2D eigenvalue weighted by atomic mass is 127. The first-order chi connectivity index (χ1) is 3.68. The van der Waals surface area contributed by atoms with Crippen molar-refractivity contribution in [1.29, 1.82) is 0 Å². The lowest BCUT2D eigenvalue weighted by Gasteiger charge is -2.05. The SMILES string of the molecule is CC(=O)N(C)/C=C/I. The van der Waals surface area contributed by atoms with E-state index in [1.165, 1.54) is 11.8 Å². The summed E-state index contributed by atoms with van der Waals surface area (Å²) in [7, 11) is 1.72. The Morgan fingerprint density at radius 3 is 2.38 bits per heavy atom. The van der Waals surface area contributed by atoms with Gasteiger partial charge in [-0.15, -0.1) is 0 Å². The molecule has 0 aliphatic rings. The molecule has 0 aliphatic carbocycles.